The molecule has 7 nitrogen and oxygen atoms in total. The third-order valence-electron chi connectivity index (χ3n) is 4.38. The Morgan fingerprint density at radius 2 is 1.96 bits per heavy atom. The predicted molar refractivity (Wildman–Crippen MR) is 107 cm³/mol. The van der Waals surface area contributed by atoms with Crippen molar-refractivity contribution in [3.8, 4) is 17.1 Å². The maximum atomic E-state index is 5.24. The molecule has 4 rings (SSSR count). The standard InChI is InChI=1S/C21H22N6O/c1-14(2)20-17(13-27(25-20)18-7-5-4-6-8-18)12-23-19-11-16(9-10-22-19)21-24-15(3)26-28-21/h4-11,13-14H,12H2,1-3H3,(H,22,23). The van der Waals surface area contributed by atoms with Crippen LogP contribution in [-0.2, 0) is 6.54 Å². The minimum atomic E-state index is 0.322. The molecule has 0 aliphatic rings. The maximum Gasteiger partial charge on any atom is 0.258 e. The average molecular weight is 374 g/mol. The summed E-state index contributed by atoms with van der Waals surface area (Å²) in [6.45, 7) is 6.72. The molecule has 1 aromatic carbocycles. The van der Waals surface area contributed by atoms with E-state index in [9.17, 15) is 0 Å². The summed E-state index contributed by atoms with van der Waals surface area (Å²) in [4.78, 5) is 8.67. The Morgan fingerprint density at radius 3 is 2.68 bits per heavy atom. The minimum absolute atomic E-state index is 0.322. The van der Waals surface area contributed by atoms with Gasteiger partial charge in [0.05, 0.1) is 11.4 Å². The first kappa shape index (κ1) is 17.9. The van der Waals surface area contributed by atoms with Gasteiger partial charge in [-0.25, -0.2) is 9.67 Å². The van der Waals surface area contributed by atoms with E-state index in [0.717, 1.165) is 28.3 Å². The Kier molecular flexibility index (Phi) is 4.89. The lowest BCUT2D eigenvalue weighted by atomic mass is 10.1. The van der Waals surface area contributed by atoms with Gasteiger partial charge in [-0.2, -0.15) is 10.1 Å². The van der Waals surface area contributed by atoms with Crippen LogP contribution in [-0.4, -0.2) is 24.9 Å². The Labute approximate surface area is 163 Å². The lowest BCUT2D eigenvalue weighted by molar-refractivity contribution is 0.425. The highest BCUT2D eigenvalue weighted by Crippen LogP contribution is 2.23. The molecule has 142 valence electrons. The van der Waals surface area contributed by atoms with Gasteiger partial charge in [-0.05, 0) is 37.1 Å². The number of aromatic nitrogens is 5. The van der Waals surface area contributed by atoms with Gasteiger partial charge in [-0.1, -0.05) is 37.2 Å². The molecule has 0 aliphatic heterocycles. The largest absolute Gasteiger partial charge is 0.366 e. The lowest BCUT2D eigenvalue weighted by Gasteiger charge is -2.08. The summed E-state index contributed by atoms with van der Waals surface area (Å²) in [5, 5.41) is 12.0. The molecule has 0 saturated carbocycles. The molecule has 0 atom stereocenters. The summed E-state index contributed by atoms with van der Waals surface area (Å²) in [6, 6.07) is 13.9. The summed E-state index contributed by atoms with van der Waals surface area (Å²) in [7, 11) is 0. The van der Waals surface area contributed by atoms with Crippen LogP contribution in [0, 0.1) is 6.92 Å². The lowest BCUT2D eigenvalue weighted by Crippen LogP contribution is -2.04. The molecular formula is C21H22N6O. The van der Waals surface area contributed by atoms with Crippen LogP contribution in [0.4, 0.5) is 5.82 Å². The Balaban J connectivity index is 1.56. The van der Waals surface area contributed by atoms with Crippen molar-refractivity contribution in [3.63, 3.8) is 0 Å². The zero-order valence-electron chi connectivity index (χ0n) is 16.1. The van der Waals surface area contributed by atoms with Crippen molar-refractivity contribution in [3.05, 3.63) is 71.9 Å². The van der Waals surface area contributed by atoms with Gasteiger partial charge in [0.2, 0.25) is 0 Å². The molecule has 3 heterocycles. The Bertz CT molecular complexity index is 1070. The van der Waals surface area contributed by atoms with Crippen LogP contribution in [0.5, 0.6) is 0 Å². The van der Waals surface area contributed by atoms with Crippen molar-refractivity contribution in [2.24, 2.45) is 0 Å². The van der Waals surface area contributed by atoms with Gasteiger partial charge >= 0.3 is 0 Å². The average Bonchev–Trinajstić information content (AvgIpc) is 3.34. The molecule has 1 N–H and O–H groups in total. The van der Waals surface area contributed by atoms with Gasteiger partial charge in [-0.3, -0.25) is 0 Å². The van der Waals surface area contributed by atoms with Crippen LogP contribution in [0.15, 0.2) is 59.4 Å². The number of para-hydroxylation sites is 1. The third kappa shape index (κ3) is 3.78. The highest BCUT2D eigenvalue weighted by atomic mass is 16.5. The van der Waals surface area contributed by atoms with Crippen LogP contribution in [0.25, 0.3) is 17.1 Å². The second kappa shape index (κ2) is 7.64. The summed E-state index contributed by atoms with van der Waals surface area (Å²) >= 11 is 0. The topological polar surface area (TPSA) is 81.7 Å². The number of nitrogens with one attached hydrogen (secondary N) is 1. The second-order valence-electron chi connectivity index (χ2n) is 6.90. The molecule has 0 fully saturated rings. The first-order chi connectivity index (χ1) is 13.6. The van der Waals surface area contributed by atoms with Gasteiger partial charge < -0.3 is 9.84 Å². The van der Waals surface area contributed by atoms with Crippen molar-refractivity contribution in [2.75, 3.05) is 5.32 Å². The fraction of sp³-hybridized carbons (Fsp3) is 0.238. The molecule has 0 bridgehead atoms. The molecule has 3 aromatic heterocycles. The SMILES string of the molecule is Cc1noc(-c2ccnc(NCc3cn(-c4ccccc4)nc3C(C)C)c2)n1. The van der Waals surface area contributed by atoms with E-state index in [4.69, 9.17) is 9.62 Å². The summed E-state index contributed by atoms with van der Waals surface area (Å²) in [5.41, 5.74) is 4.09. The number of hydrogen-bond donors (Lipinski definition) is 1. The monoisotopic (exact) mass is 374 g/mol. The fourth-order valence-electron chi connectivity index (χ4n) is 3.02. The zero-order valence-corrected chi connectivity index (χ0v) is 16.1. The molecule has 4 aromatic rings. The molecule has 0 spiro atoms. The quantitative estimate of drug-likeness (QED) is 0.540. The predicted octanol–water partition coefficient (Wildman–Crippen LogP) is 4.36. The Morgan fingerprint density at radius 1 is 1.14 bits per heavy atom. The molecule has 0 saturated heterocycles. The van der Waals surface area contributed by atoms with E-state index in [1.807, 2.05) is 47.1 Å². The molecule has 28 heavy (non-hydrogen) atoms. The molecular weight excluding hydrogens is 352 g/mol. The minimum Gasteiger partial charge on any atom is -0.366 e. The maximum absolute atomic E-state index is 5.24. The number of hydrogen-bond acceptors (Lipinski definition) is 6. The number of aryl methyl sites for hydroxylation is 1. The van der Waals surface area contributed by atoms with Crippen molar-refractivity contribution < 1.29 is 4.52 Å². The smallest absolute Gasteiger partial charge is 0.258 e. The first-order valence-electron chi connectivity index (χ1n) is 9.24. The zero-order chi connectivity index (χ0) is 19.5. The summed E-state index contributed by atoms with van der Waals surface area (Å²) in [5.74, 6) is 2.16. The molecule has 0 unspecified atom stereocenters. The van der Waals surface area contributed by atoms with E-state index in [2.05, 4.69) is 40.5 Å². The van der Waals surface area contributed by atoms with E-state index in [1.54, 1.807) is 13.1 Å². The summed E-state index contributed by atoms with van der Waals surface area (Å²) < 4.78 is 7.17. The van der Waals surface area contributed by atoms with E-state index >= 15 is 0 Å². The van der Waals surface area contributed by atoms with Crippen LogP contribution in [0.3, 0.4) is 0 Å². The molecule has 7 heteroatoms. The van der Waals surface area contributed by atoms with E-state index in [-0.39, 0.29) is 0 Å². The third-order valence-corrected chi connectivity index (χ3v) is 4.38. The van der Waals surface area contributed by atoms with Crippen LogP contribution in [0.1, 0.15) is 36.8 Å². The van der Waals surface area contributed by atoms with Gasteiger partial charge in [0.1, 0.15) is 5.82 Å². The van der Waals surface area contributed by atoms with E-state index < -0.39 is 0 Å². The van der Waals surface area contributed by atoms with Crippen LogP contribution >= 0.6 is 0 Å². The fourth-order valence-corrected chi connectivity index (χ4v) is 3.02. The first-order valence-corrected chi connectivity index (χ1v) is 9.24. The highest BCUT2D eigenvalue weighted by Gasteiger charge is 2.14. The van der Waals surface area contributed by atoms with Gasteiger partial charge in [0, 0.05) is 30.1 Å². The molecule has 0 amide bonds. The Hall–Kier alpha value is -3.48. The van der Waals surface area contributed by atoms with Crippen molar-refractivity contribution in [1.29, 1.82) is 0 Å². The number of anilines is 1. The van der Waals surface area contributed by atoms with Crippen molar-refractivity contribution >= 4 is 5.82 Å². The summed E-state index contributed by atoms with van der Waals surface area (Å²) in [6.07, 6.45) is 3.80. The van der Waals surface area contributed by atoms with Crippen molar-refractivity contribution in [2.45, 2.75) is 33.2 Å². The van der Waals surface area contributed by atoms with Crippen LogP contribution < -0.4 is 5.32 Å². The number of nitrogens with zero attached hydrogens (tertiary/aromatic N) is 5. The number of rotatable bonds is 6. The number of benzene rings is 1. The van der Waals surface area contributed by atoms with Crippen molar-refractivity contribution in [1.82, 2.24) is 24.9 Å². The molecule has 0 aliphatic carbocycles. The van der Waals surface area contributed by atoms with Gasteiger partial charge in [0.25, 0.3) is 5.89 Å². The molecule has 0 radical (unpaired) electrons. The highest BCUT2D eigenvalue weighted by molar-refractivity contribution is 5.58. The normalized spacial score (nSPS) is 11.1. The van der Waals surface area contributed by atoms with Gasteiger partial charge in [0.15, 0.2) is 5.82 Å². The van der Waals surface area contributed by atoms with E-state index in [0.29, 0.717) is 24.2 Å². The van der Waals surface area contributed by atoms with Gasteiger partial charge in [-0.15, -0.1) is 0 Å². The number of pyridine rings is 1. The second-order valence-corrected chi connectivity index (χ2v) is 6.90. The van der Waals surface area contributed by atoms with Crippen LogP contribution in [0.2, 0.25) is 0 Å². The van der Waals surface area contributed by atoms with E-state index in [1.165, 1.54) is 0 Å².